The Morgan fingerprint density at radius 2 is 1.85 bits per heavy atom. The van der Waals surface area contributed by atoms with Crippen LogP contribution in [-0.4, -0.2) is 31.3 Å². The van der Waals surface area contributed by atoms with E-state index in [0.717, 1.165) is 12.2 Å². The summed E-state index contributed by atoms with van der Waals surface area (Å²) in [4.78, 5) is 20.9. The molecule has 0 rings (SSSR count). The average Bonchev–Trinajstić information content (AvgIpc) is 1.95. The lowest BCUT2D eigenvalue weighted by atomic mass is 10.5. The summed E-state index contributed by atoms with van der Waals surface area (Å²) in [6, 6.07) is 0. The van der Waals surface area contributed by atoms with Crippen LogP contribution in [0.3, 0.4) is 0 Å². The van der Waals surface area contributed by atoms with Crippen LogP contribution in [0.1, 0.15) is 0 Å². The van der Waals surface area contributed by atoms with Crippen LogP contribution in [0.4, 0.5) is 0 Å². The number of esters is 1. The first-order chi connectivity index (χ1) is 5.81. The second kappa shape index (κ2) is 4.81. The summed E-state index contributed by atoms with van der Waals surface area (Å²) in [6.07, 6.45) is 2.10. The van der Waals surface area contributed by atoms with Crippen LogP contribution in [0.5, 0.6) is 0 Å². The maximum Gasteiger partial charge on any atom is 0.330 e. The summed E-state index contributed by atoms with van der Waals surface area (Å²) in [5.41, 5.74) is 0. The van der Waals surface area contributed by atoms with Gasteiger partial charge in [-0.15, -0.1) is 0 Å². The molecule has 0 unspecified atom stereocenters. The fraction of sp³-hybridized carbons (Fsp3) is 0.500. The van der Waals surface area contributed by atoms with Crippen LogP contribution in [0, 0.1) is 0 Å². The first-order valence-electron chi connectivity index (χ1n) is 3.89. The Hall–Kier alpha value is -1.10. The Balaban J connectivity index is 3.83. The van der Waals surface area contributed by atoms with E-state index in [4.69, 9.17) is 9.84 Å². The van der Waals surface area contributed by atoms with Crippen LogP contribution < -0.4 is 0 Å². The Kier molecular flexibility index (Phi) is 4.40. The molecule has 74 valence electrons. The number of rotatable bonds is 4. The van der Waals surface area contributed by atoms with Gasteiger partial charge in [-0.2, -0.15) is 0 Å². The van der Waals surface area contributed by atoms with Crippen LogP contribution in [-0.2, 0) is 14.3 Å². The zero-order chi connectivity index (χ0) is 10.5. The highest BCUT2D eigenvalue weighted by Crippen LogP contribution is 2.00. The molecule has 0 aromatic heterocycles. The number of carboxylic acids is 1. The average molecular weight is 202 g/mol. The fourth-order valence-electron chi connectivity index (χ4n) is 0.475. The molecule has 1 N–H and O–H groups in total. The molecule has 13 heavy (non-hydrogen) atoms. The molecule has 0 radical (unpaired) electrons. The number of hydrogen-bond acceptors (Lipinski definition) is 3. The lowest BCUT2D eigenvalue weighted by Crippen LogP contribution is -2.29. The molecule has 0 bridgehead atoms. The van der Waals surface area contributed by atoms with Crippen molar-refractivity contribution in [2.24, 2.45) is 0 Å². The smallest absolute Gasteiger partial charge is 0.330 e. The Morgan fingerprint density at radius 1 is 1.31 bits per heavy atom. The monoisotopic (exact) mass is 202 g/mol. The maximum absolute atomic E-state index is 10.8. The first kappa shape index (κ1) is 11.9. The van der Waals surface area contributed by atoms with Gasteiger partial charge in [-0.3, -0.25) is 0 Å². The first-order valence-corrected chi connectivity index (χ1v) is 7.60. The molecule has 0 aliphatic carbocycles. The second-order valence-electron chi connectivity index (χ2n) is 3.84. The summed E-state index contributed by atoms with van der Waals surface area (Å²) in [6.45, 7) is 6.17. The Morgan fingerprint density at radius 3 is 2.23 bits per heavy atom. The van der Waals surface area contributed by atoms with E-state index >= 15 is 0 Å². The van der Waals surface area contributed by atoms with Gasteiger partial charge in [0.1, 0.15) is 0 Å². The predicted molar refractivity (Wildman–Crippen MR) is 51.1 cm³/mol. The molecule has 5 heteroatoms. The minimum absolute atomic E-state index is 0.412. The highest BCUT2D eigenvalue weighted by molar-refractivity contribution is 6.76. The topological polar surface area (TPSA) is 63.6 Å². The second-order valence-corrected chi connectivity index (χ2v) is 9.25. The summed E-state index contributed by atoms with van der Waals surface area (Å²) in [5.74, 6) is -1.74. The van der Waals surface area contributed by atoms with Crippen molar-refractivity contribution in [1.82, 2.24) is 0 Å². The third-order valence-corrected chi connectivity index (χ3v) is 2.02. The number of carboxylic acid groups (broad SMARTS) is 1. The Labute approximate surface area is 78.2 Å². The van der Waals surface area contributed by atoms with Crippen molar-refractivity contribution in [2.45, 2.75) is 19.6 Å². The third-order valence-electron chi connectivity index (χ3n) is 1.01. The zero-order valence-corrected chi connectivity index (χ0v) is 9.03. The van der Waals surface area contributed by atoms with Crippen molar-refractivity contribution in [3.05, 3.63) is 12.2 Å². The van der Waals surface area contributed by atoms with Gasteiger partial charge in [0, 0.05) is 12.2 Å². The highest BCUT2D eigenvalue weighted by atomic mass is 28.3. The SMILES string of the molecule is C[Si](C)(C)COC(=O)/C=C/C(=O)O. The van der Waals surface area contributed by atoms with Gasteiger partial charge in [0.25, 0.3) is 0 Å². The van der Waals surface area contributed by atoms with E-state index in [1.807, 2.05) is 0 Å². The van der Waals surface area contributed by atoms with Crippen LogP contribution in [0.2, 0.25) is 19.6 Å². The predicted octanol–water partition coefficient (Wildman–Crippen LogP) is 1.05. The summed E-state index contributed by atoms with van der Waals surface area (Å²) in [5, 5.41) is 8.20. The van der Waals surface area contributed by atoms with Gasteiger partial charge in [0.15, 0.2) is 0 Å². The minimum atomic E-state index is -1.40. The molecular weight excluding hydrogens is 188 g/mol. The standard InChI is InChI=1S/C8H14O4Si/c1-13(2,3)6-12-8(11)5-4-7(9)10/h4-5H,6H2,1-3H3,(H,9,10)/b5-4+. The lowest BCUT2D eigenvalue weighted by molar-refractivity contribution is -0.137. The molecule has 4 nitrogen and oxygen atoms in total. The van der Waals surface area contributed by atoms with Crippen molar-refractivity contribution in [3.8, 4) is 0 Å². The van der Waals surface area contributed by atoms with Crippen molar-refractivity contribution in [2.75, 3.05) is 6.23 Å². The van der Waals surface area contributed by atoms with Crippen LogP contribution >= 0.6 is 0 Å². The molecule has 0 saturated heterocycles. The van der Waals surface area contributed by atoms with E-state index in [2.05, 4.69) is 19.6 Å². The fourth-order valence-corrected chi connectivity index (χ4v) is 1.05. The molecule has 0 saturated carbocycles. The van der Waals surface area contributed by atoms with E-state index in [-0.39, 0.29) is 0 Å². The van der Waals surface area contributed by atoms with E-state index in [9.17, 15) is 9.59 Å². The maximum atomic E-state index is 10.8. The van der Waals surface area contributed by atoms with Gasteiger partial charge in [0.05, 0.1) is 14.3 Å². The third kappa shape index (κ3) is 8.81. The highest BCUT2D eigenvalue weighted by Gasteiger charge is 2.15. The summed E-state index contributed by atoms with van der Waals surface area (Å²) in [7, 11) is -1.40. The molecule has 0 amide bonds. The molecule has 0 fully saturated rings. The minimum Gasteiger partial charge on any atom is -0.478 e. The molecular formula is C8H14O4Si. The van der Waals surface area contributed by atoms with E-state index in [0.29, 0.717) is 6.23 Å². The van der Waals surface area contributed by atoms with Gasteiger partial charge < -0.3 is 9.84 Å². The normalized spacial score (nSPS) is 11.6. The van der Waals surface area contributed by atoms with Gasteiger partial charge in [0.2, 0.25) is 0 Å². The largest absolute Gasteiger partial charge is 0.478 e. The van der Waals surface area contributed by atoms with Crippen LogP contribution in [0.15, 0.2) is 12.2 Å². The van der Waals surface area contributed by atoms with Gasteiger partial charge in [-0.1, -0.05) is 19.6 Å². The number of aliphatic carboxylic acids is 1. The van der Waals surface area contributed by atoms with Crippen molar-refractivity contribution in [3.63, 3.8) is 0 Å². The Bertz CT molecular complexity index is 227. The molecule has 0 aromatic carbocycles. The van der Waals surface area contributed by atoms with Crippen molar-refractivity contribution < 1.29 is 19.4 Å². The number of hydrogen-bond donors (Lipinski definition) is 1. The quantitative estimate of drug-likeness (QED) is 0.420. The number of carbonyl (C=O) groups is 2. The molecule has 0 heterocycles. The lowest BCUT2D eigenvalue weighted by Gasteiger charge is -2.14. The van der Waals surface area contributed by atoms with Gasteiger partial charge in [-0.25, -0.2) is 9.59 Å². The van der Waals surface area contributed by atoms with E-state index in [1.165, 1.54) is 0 Å². The molecule has 0 aromatic rings. The van der Waals surface area contributed by atoms with E-state index in [1.54, 1.807) is 0 Å². The number of carbonyl (C=O) groups excluding carboxylic acids is 1. The molecule has 0 aliphatic rings. The summed E-state index contributed by atoms with van der Waals surface area (Å²) >= 11 is 0. The molecule has 0 spiro atoms. The molecule has 0 atom stereocenters. The zero-order valence-electron chi connectivity index (χ0n) is 8.03. The molecule has 0 aliphatic heterocycles. The van der Waals surface area contributed by atoms with Gasteiger partial charge in [-0.05, 0) is 0 Å². The summed E-state index contributed by atoms with van der Waals surface area (Å²) < 4.78 is 4.83. The van der Waals surface area contributed by atoms with Crippen LogP contribution in [0.25, 0.3) is 0 Å². The van der Waals surface area contributed by atoms with Crippen molar-refractivity contribution >= 4 is 20.0 Å². The van der Waals surface area contributed by atoms with Crippen molar-refractivity contribution in [1.29, 1.82) is 0 Å². The van der Waals surface area contributed by atoms with E-state index < -0.39 is 20.0 Å². The van der Waals surface area contributed by atoms with Gasteiger partial charge >= 0.3 is 11.9 Å². The number of ether oxygens (including phenoxy) is 1.